The molecular weight excluding hydrogens is 338 g/mol. The fourth-order valence-electron chi connectivity index (χ4n) is 1.69. The molecule has 0 fully saturated rings. The van der Waals surface area contributed by atoms with E-state index in [9.17, 15) is 14.9 Å². The molecule has 2 aromatic rings. The summed E-state index contributed by atoms with van der Waals surface area (Å²) in [5.74, 6) is -0.830. The van der Waals surface area contributed by atoms with Crippen molar-refractivity contribution in [2.45, 2.75) is 0 Å². The number of aliphatic carboxylic acids is 1. The highest BCUT2D eigenvalue weighted by molar-refractivity contribution is 6.32. The van der Waals surface area contributed by atoms with Crippen LogP contribution in [0.2, 0.25) is 5.02 Å². The SMILES string of the molecule is O=C(O)COc1ccc(C=NNc2ccc([N+](=O)[O-])cc2)cc1Cl. The smallest absolute Gasteiger partial charge is 0.341 e. The van der Waals surface area contributed by atoms with Gasteiger partial charge in [0.25, 0.3) is 5.69 Å². The number of nitrogens with one attached hydrogen (secondary N) is 1. The van der Waals surface area contributed by atoms with Gasteiger partial charge in [-0.1, -0.05) is 11.6 Å². The Kier molecular flexibility index (Phi) is 5.69. The highest BCUT2D eigenvalue weighted by Crippen LogP contribution is 2.25. The number of nitrogens with zero attached hydrogens (tertiary/aromatic N) is 2. The summed E-state index contributed by atoms with van der Waals surface area (Å²) in [5, 5.41) is 23.4. The van der Waals surface area contributed by atoms with Crippen LogP contribution in [0.25, 0.3) is 0 Å². The minimum atomic E-state index is -1.09. The van der Waals surface area contributed by atoms with Crippen LogP contribution in [0.15, 0.2) is 47.6 Å². The van der Waals surface area contributed by atoms with Crippen molar-refractivity contribution in [3.8, 4) is 5.75 Å². The van der Waals surface area contributed by atoms with E-state index in [4.69, 9.17) is 21.4 Å². The van der Waals surface area contributed by atoms with Crippen LogP contribution in [0.1, 0.15) is 5.56 Å². The molecule has 0 radical (unpaired) electrons. The minimum Gasteiger partial charge on any atom is -0.480 e. The number of non-ortho nitro benzene ring substituents is 1. The van der Waals surface area contributed by atoms with E-state index in [-0.39, 0.29) is 16.5 Å². The lowest BCUT2D eigenvalue weighted by molar-refractivity contribution is -0.384. The Balaban J connectivity index is 1.97. The monoisotopic (exact) mass is 349 g/mol. The number of hydrazone groups is 1. The molecule has 9 heteroatoms. The molecule has 2 aromatic carbocycles. The molecule has 0 aromatic heterocycles. The second kappa shape index (κ2) is 7.93. The van der Waals surface area contributed by atoms with Crippen molar-refractivity contribution in [3.63, 3.8) is 0 Å². The van der Waals surface area contributed by atoms with E-state index >= 15 is 0 Å². The molecule has 0 aliphatic rings. The normalized spacial score (nSPS) is 10.5. The third-order valence-corrected chi connectivity index (χ3v) is 3.09. The van der Waals surface area contributed by atoms with Gasteiger partial charge in [-0.3, -0.25) is 15.5 Å². The lowest BCUT2D eigenvalue weighted by Gasteiger charge is -2.06. The van der Waals surface area contributed by atoms with Crippen LogP contribution in [0.5, 0.6) is 5.75 Å². The molecular formula is C15H12ClN3O5. The summed E-state index contributed by atoms with van der Waals surface area (Å²) < 4.78 is 5.01. The van der Waals surface area contributed by atoms with E-state index in [1.165, 1.54) is 30.5 Å². The van der Waals surface area contributed by atoms with Gasteiger partial charge in [-0.2, -0.15) is 5.10 Å². The number of anilines is 1. The largest absolute Gasteiger partial charge is 0.480 e. The van der Waals surface area contributed by atoms with Crippen LogP contribution < -0.4 is 10.2 Å². The van der Waals surface area contributed by atoms with Crippen LogP contribution in [0.3, 0.4) is 0 Å². The van der Waals surface area contributed by atoms with Crippen molar-refractivity contribution < 1.29 is 19.6 Å². The zero-order valence-electron chi connectivity index (χ0n) is 12.2. The van der Waals surface area contributed by atoms with Crippen molar-refractivity contribution in [3.05, 3.63) is 63.2 Å². The first-order valence-electron chi connectivity index (χ1n) is 6.63. The maximum absolute atomic E-state index is 10.6. The average Bonchev–Trinajstić information content (AvgIpc) is 2.54. The van der Waals surface area contributed by atoms with Crippen LogP contribution >= 0.6 is 11.6 Å². The number of hydrogen-bond donors (Lipinski definition) is 2. The number of ether oxygens (including phenoxy) is 1. The van der Waals surface area contributed by atoms with Crippen molar-refractivity contribution in [2.75, 3.05) is 12.0 Å². The lowest BCUT2D eigenvalue weighted by atomic mass is 10.2. The Hall–Kier alpha value is -3.13. The van der Waals surface area contributed by atoms with Crippen LogP contribution in [-0.4, -0.2) is 28.8 Å². The molecule has 8 nitrogen and oxygen atoms in total. The summed E-state index contributed by atoms with van der Waals surface area (Å²) in [6, 6.07) is 10.6. The number of hydrogen-bond acceptors (Lipinski definition) is 6. The summed E-state index contributed by atoms with van der Waals surface area (Å²) in [7, 11) is 0. The van der Waals surface area contributed by atoms with Gasteiger partial charge in [0.15, 0.2) is 6.61 Å². The molecule has 2 rings (SSSR count). The van der Waals surface area contributed by atoms with E-state index < -0.39 is 17.5 Å². The summed E-state index contributed by atoms with van der Waals surface area (Å²) in [5.41, 5.74) is 3.97. The summed E-state index contributed by atoms with van der Waals surface area (Å²) in [6.45, 7) is -0.477. The summed E-state index contributed by atoms with van der Waals surface area (Å²) in [6.07, 6.45) is 1.49. The van der Waals surface area contributed by atoms with Crippen LogP contribution in [0.4, 0.5) is 11.4 Å². The molecule has 0 heterocycles. The Morgan fingerprint density at radius 3 is 2.62 bits per heavy atom. The van der Waals surface area contributed by atoms with Gasteiger partial charge in [-0.05, 0) is 35.9 Å². The number of nitro groups is 1. The second-order valence-corrected chi connectivity index (χ2v) is 4.95. The van der Waals surface area contributed by atoms with E-state index in [0.717, 1.165) is 0 Å². The zero-order chi connectivity index (χ0) is 17.5. The Bertz CT molecular complexity index is 777. The van der Waals surface area contributed by atoms with Gasteiger partial charge in [0, 0.05) is 12.1 Å². The molecule has 0 saturated carbocycles. The van der Waals surface area contributed by atoms with Gasteiger partial charge < -0.3 is 9.84 Å². The maximum Gasteiger partial charge on any atom is 0.341 e. The van der Waals surface area contributed by atoms with Crippen molar-refractivity contribution in [2.24, 2.45) is 5.10 Å². The molecule has 0 spiro atoms. The van der Waals surface area contributed by atoms with Crippen LogP contribution in [0, 0.1) is 10.1 Å². The molecule has 0 atom stereocenters. The first-order chi connectivity index (χ1) is 11.5. The number of carboxylic acids is 1. The Labute approximate surface area is 141 Å². The van der Waals surface area contributed by atoms with Gasteiger partial charge in [-0.25, -0.2) is 4.79 Å². The molecule has 0 unspecified atom stereocenters. The Morgan fingerprint density at radius 1 is 1.33 bits per heavy atom. The predicted octanol–water partition coefficient (Wildman–Crippen LogP) is 3.16. The average molecular weight is 350 g/mol. The minimum absolute atomic E-state index is 0.00624. The standard InChI is InChI=1S/C15H12ClN3O5/c16-13-7-10(1-6-14(13)24-9-15(20)21)8-17-18-11-2-4-12(5-3-11)19(22)23/h1-8,18H,9H2,(H,20,21). The van der Waals surface area contributed by atoms with Gasteiger partial charge in [-0.15, -0.1) is 0 Å². The molecule has 24 heavy (non-hydrogen) atoms. The molecule has 0 bridgehead atoms. The summed E-state index contributed by atoms with van der Waals surface area (Å²) in [4.78, 5) is 20.5. The molecule has 2 N–H and O–H groups in total. The summed E-state index contributed by atoms with van der Waals surface area (Å²) >= 11 is 5.99. The highest BCUT2D eigenvalue weighted by atomic mass is 35.5. The highest BCUT2D eigenvalue weighted by Gasteiger charge is 2.05. The van der Waals surface area contributed by atoms with E-state index in [0.29, 0.717) is 11.3 Å². The zero-order valence-corrected chi connectivity index (χ0v) is 12.9. The van der Waals surface area contributed by atoms with Crippen molar-refractivity contribution in [1.29, 1.82) is 0 Å². The Morgan fingerprint density at radius 2 is 2.04 bits per heavy atom. The topological polar surface area (TPSA) is 114 Å². The van der Waals surface area contributed by atoms with E-state index in [2.05, 4.69) is 10.5 Å². The maximum atomic E-state index is 10.6. The first-order valence-corrected chi connectivity index (χ1v) is 7.01. The first kappa shape index (κ1) is 17.2. The van der Waals surface area contributed by atoms with Gasteiger partial charge in [0.05, 0.1) is 21.8 Å². The second-order valence-electron chi connectivity index (χ2n) is 4.55. The molecule has 0 aliphatic carbocycles. The fraction of sp³-hybridized carbons (Fsp3) is 0.0667. The van der Waals surface area contributed by atoms with E-state index in [1.807, 2.05) is 0 Å². The van der Waals surface area contributed by atoms with Gasteiger partial charge in [0.1, 0.15) is 5.75 Å². The molecule has 0 aliphatic heterocycles. The van der Waals surface area contributed by atoms with Crippen LogP contribution in [-0.2, 0) is 4.79 Å². The van der Waals surface area contributed by atoms with Gasteiger partial charge >= 0.3 is 5.97 Å². The fourth-order valence-corrected chi connectivity index (χ4v) is 1.94. The third kappa shape index (κ3) is 4.96. The molecule has 124 valence electrons. The van der Waals surface area contributed by atoms with Gasteiger partial charge in [0.2, 0.25) is 0 Å². The number of carbonyl (C=O) groups is 1. The quantitative estimate of drug-likeness (QED) is 0.451. The predicted molar refractivity (Wildman–Crippen MR) is 88.9 cm³/mol. The number of nitro benzene ring substituents is 1. The number of benzene rings is 2. The molecule has 0 saturated heterocycles. The third-order valence-electron chi connectivity index (χ3n) is 2.79. The number of rotatable bonds is 7. The van der Waals surface area contributed by atoms with Crippen molar-refractivity contribution >= 4 is 35.2 Å². The number of carboxylic acid groups (broad SMARTS) is 1. The lowest BCUT2D eigenvalue weighted by Crippen LogP contribution is -2.09. The number of halogens is 1. The molecule has 0 amide bonds. The van der Waals surface area contributed by atoms with E-state index in [1.54, 1.807) is 18.2 Å². The van der Waals surface area contributed by atoms with Crippen molar-refractivity contribution in [1.82, 2.24) is 0 Å².